The molecule has 86 valence electrons. The molecule has 2 fully saturated rings. The maximum atomic E-state index is 11.9. The molecule has 1 saturated heterocycles. The van der Waals surface area contributed by atoms with E-state index in [0.717, 1.165) is 39.1 Å². The molecule has 0 bridgehead atoms. The molecule has 1 aliphatic carbocycles. The van der Waals surface area contributed by atoms with Crippen molar-refractivity contribution in [2.75, 3.05) is 26.3 Å². The Bertz CT molecular complexity index is 228. The van der Waals surface area contributed by atoms with Gasteiger partial charge >= 0.3 is 0 Å². The average molecular weight is 211 g/mol. The number of carbonyl (C=O) groups is 1. The first-order valence-electron chi connectivity index (χ1n) is 6.09. The minimum absolute atomic E-state index is 0.137. The van der Waals surface area contributed by atoms with Crippen molar-refractivity contribution in [2.24, 2.45) is 0 Å². The van der Waals surface area contributed by atoms with E-state index in [4.69, 9.17) is 4.74 Å². The first-order chi connectivity index (χ1) is 7.26. The molecule has 1 aliphatic heterocycles. The Morgan fingerprint density at radius 2 is 1.73 bits per heavy atom. The molecule has 0 spiro atoms. The largest absolute Gasteiger partial charge is 0.379 e. The number of nitrogens with zero attached hydrogens (tertiary/aromatic N) is 1. The van der Waals surface area contributed by atoms with Crippen LogP contribution in [0.2, 0.25) is 0 Å². The highest BCUT2D eigenvalue weighted by Crippen LogP contribution is 2.34. The van der Waals surface area contributed by atoms with Crippen molar-refractivity contribution in [2.45, 2.75) is 44.6 Å². The fraction of sp³-hybridized carbons (Fsp3) is 0.917. The predicted octanol–water partition coefficient (Wildman–Crippen LogP) is 1.61. The third kappa shape index (κ3) is 2.08. The molecule has 1 heterocycles. The Morgan fingerprint density at radius 1 is 1.13 bits per heavy atom. The third-order valence-electron chi connectivity index (χ3n) is 3.95. The second-order valence-corrected chi connectivity index (χ2v) is 4.75. The average Bonchev–Trinajstić information content (AvgIpc) is 2.31. The number of rotatable bonds is 2. The van der Waals surface area contributed by atoms with Crippen molar-refractivity contribution in [1.82, 2.24) is 4.90 Å². The molecular formula is C12H21NO2. The molecule has 3 nitrogen and oxygen atoms in total. The molecule has 2 aliphatic rings. The van der Waals surface area contributed by atoms with Gasteiger partial charge in [-0.25, -0.2) is 0 Å². The van der Waals surface area contributed by atoms with Crippen LogP contribution in [0.4, 0.5) is 0 Å². The van der Waals surface area contributed by atoms with Gasteiger partial charge in [0.25, 0.3) is 0 Å². The number of ether oxygens (including phenoxy) is 1. The maximum absolute atomic E-state index is 11.9. The molecule has 0 aromatic heterocycles. The summed E-state index contributed by atoms with van der Waals surface area (Å²) in [7, 11) is 0. The van der Waals surface area contributed by atoms with Crippen LogP contribution in [0.3, 0.4) is 0 Å². The Kier molecular flexibility index (Phi) is 3.42. The van der Waals surface area contributed by atoms with Crippen molar-refractivity contribution in [1.29, 1.82) is 0 Å². The highest BCUT2D eigenvalue weighted by Gasteiger charge is 2.42. The lowest BCUT2D eigenvalue weighted by Gasteiger charge is -2.46. The normalized spacial score (nSPS) is 27.5. The lowest BCUT2D eigenvalue weighted by atomic mass is 9.77. The van der Waals surface area contributed by atoms with E-state index in [0.29, 0.717) is 5.78 Å². The van der Waals surface area contributed by atoms with Gasteiger partial charge < -0.3 is 4.74 Å². The van der Waals surface area contributed by atoms with E-state index >= 15 is 0 Å². The molecule has 0 N–H and O–H groups in total. The van der Waals surface area contributed by atoms with Gasteiger partial charge in [0.2, 0.25) is 0 Å². The second-order valence-electron chi connectivity index (χ2n) is 4.75. The Labute approximate surface area is 91.8 Å². The van der Waals surface area contributed by atoms with E-state index in [1.165, 1.54) is 19.3 Å². The molecule has 3 heteroatoms. The summed E-state index contributed by atoms with van der Waals surface area (Å²) in [5, 5.41) is 0. The molecule has 0 aromatic carbocycles. The second kappa shape index (κ2) is 4.62. The smallest absolute Gasteiger partial charge is 0.150 e. The molecule has 0 amide bonds. The van der Waals surface area contributed by atoms with Crippen molar-refractivity contribution >= 4 is 5.78 Å². The monoisotopic (exact) mass is 211 g/mol. The van der Waals surface area contributed by atoms with Gasteiger partial charge in [0.05, 0.1) is 18.8 Å². The van der Waals surface area contributed by atoms with Gasteiger partial charge in [-0.2, -0.15) is 0 Å². The Balaban J connectivity index is 2.12. The fourth-order valence-electron chi connectivity index (χ4n) is 3.02. The summed E-state index contributed by atoms with van der Waals surface area (Å²) in [5.41, 5.74) is -0.137. The molecule has 0 atom stereocenters. The van der Waals surface area contributed by atoms with E-state index in [2.05, 4.69) is 4.90 Å². The van der Waals surface area contributed by atoms with Crippen molar-refractivity contribution in [3.05, 3.63) is 0 Å². The standard InChI is InChI=1S/C12H21NO2/c1-11(14)12(5-3-2-4-6-12)13-7-9-15-10-8-13/h2-10H2,1H3. The van der Waals surface area contributed by atoms with E-state index in [9.17, 15) is 4.79 Å². The molecule has 15 heavy (non-hydrogen) atoms. The van der Waals surface area contributed by atoms with Crippen LogP contribution in [0.5, 0.6) is 0 Å². The molecule has 0 radical (unpaired) electrons. The van der Waals surface area contributed by atoms with Crippen LogP contribution in [0.1, 0.15) is 39.0 Å². The topological polar surface area (TPSA) is 29.5 Å². The third-order valence-corrected chi connectivity index (χ3v) is 3.95. The van der Waals surface area contributed by atoms with Crippen LogP contribution in [0, 0.1) is 0 Å². The molecule has 1 saturated carbocycles. The summed E-state index contributed by atoms with van der Waals surface area (Å²) in [6.07, 6.45) is 5.82. The number of hydrogen-bond donors (Lipinski definition) is 0. The molecule has 0 unspecified atom stereocenters. The number of ketones is 1. The fourth-order valence-corrected chi connectivity index (χ4v) is 3.02. The molecule has 0 aromatic rings. The number of hydrogen-bond acceptors (Lipinski definition) is 3. The van der Waals surface area contributed by atoms with Crippen LogP contribution in [-0.2, 0) is 9.53 Å². The van der Waals surface area contributed by atoms with Crippen LogP contribution >= 0.6 is 0 Å². The molecular weight excluding hydrogens is 190 g/mol. The zero-order chi connectivity index (χ0) is 10.7. The number of carbonyl (C=O) groups excluding carboxylic acids is 1. The van der Waals surface area contributed by atoms with E-state index in [-0.39, 0.29) is 5.54 Å². The minimum atomic E-state index is -0.137. The van der Waals surface area contributed by atoms with Gasteiger partial charge in [0, 0.05) is 13.1 Å². The van der Waals surface area contributed by atoms with Crippen molar-refractivity contribution in [3.8, 4) is 0 Å². The highest BCUT2D eigenvalue weighted by molar-refractivity contribution is 5.86. The lowest BCUT2D eigenvalue weighted by molar-refractivity contribution is -0.135. The predicted molar refractivity (Wildman–Crippen MR) is 58.9 cm³/mol. The van der Waals surface area contributed by atoms with Crippen molar-refractivity contribution in [3.63, 3.8) is 0 Å². The van der Waals surface area contributed by atoms with E-state index in [1.807, 2.05) is 0 Å². The van der Waals surface area contributed by atoms with Crippen molar-refractivity contribution < 1.29 is 9.53 Å². The lowest BCUT2D eigenvalue weighted by Crippen LogP contribution is -2.58. The minimum Gasteiger partial charge on any atom is -0.379 e. The summed E-state index contributed by atoms with van der Waals surface area (Å²) in [4.78, 5) is 14.3. The maximum Gasteiger partial charge on any atom is 0.150 e. The van der Waals surface area contributed by atoms with Gasteiger partial charge in [-0.05, 0) is 19.8 Å². The molecule has 2 rings (SSSR count). The highest BCUT2D eigenvalue weighted by atomic mass is 16.5. The van der Waals surface area contributed by atoms with Crippen LogP contribution in [0.15, 0.2) is 0 Å². The summed E-state index contributed by atoms with van der Waals surface area (Å²) in [5.74, 6) is 0.365. The first kappa shape index (κ1) is 11.1. The van der Waals surface area contributed by atoms with Crippen LogP contribution in [0.25, 0.3) is 0 Å². The van der Waals surface area contributed by atoms with Crippen LogP contribution < -0.4 is 0 Å². The zero-order valence-electron chi connectivity index (χ0n) is 9.63. The number of Topliss-reactive ketones (excluding diaryl/α,β-unsaturated/α-hetero) is 1. The Morgan fingerprint density at radius 3 is 2.27 bits per heavy atom. The van der Waals surface area contributed by atoms with Crippen LogP contribution in [-0.4, -0.2) is 42.5 Å². The van der Waals surface area contributed by atoms with Gasteiger partial charge in [-0.1, -0.05) is 19.3 Å². The van der Waals surface area contributed by atoms with Gasteiger partial charge in [0.1, 0.15) is 5.78 Å². The quantitative estimate of drug-likeness (QED) is 0.695. The van der Waals surface area contributed by atoms with Gasteiger partial charge in [-0.15, -0.1) is 0 Å². The zero-order valence-corrected chi connectivity index (χ0v) is 9.63. The van der Waals surface area contributed by atoms with Gasteiger partial charge in [-0.3, -0.25) is 9.69 Å². The summed E-state index contributed by atoms with van der Waals surface area (Å²) in [6, 6.07) is 0. The first-order valence-corrected chi connectivity index (χ1v) is 6.09. The summed E-state index contributed by atoms with van der Waals surface area (Å²) >= 11 is 0. The van der Waals surface area contributed by atoms with Gasteiger partial charge in [0.15, 0.2) is 0 Å². The summed E-state index contributed by atoms with van der Waals surface area (Å²) < 4.78 is 5.36. The SMILES string of the molecule is CC(=O)C1(N2CCOCC2)CCCCC1. The Hall–Kier alpha value is -0.410. The van der Waals surface area contributed by atoms with E-state index in [1.54, 1.807) is 6.92 Å². The van der Waals surface area contributed by atoms with E-state index < -0.39 is 0 Å². The summed E-state index contributed by atoms with van der Waals surface area (Å²) in [6.45, 7) is 5.20. The number of morpholine rings is 1.